The van der Waals surface area contributed by atoms with Crippen LogP contribution in [0.4, 0.5) is 0 Å². The zero-order valence-electron chi connectivity index (χ0n) is 10.4. The molecule has 7 heteroatoms. The van der Waals surface area contributed by atoms with E-state index in [1.54, 1.807) is 18.2 Å². The van der Waals surface area contributed by atoms with E-state index in [1.165, 1.54) is 12.1 Å². The zero-order chi connectivity index (χ0) is 14.9. The van der Waals surface area contributed by atoms with E-state index in [2.05, 4.69) is 0 Å². The normalized spacial score (nSPS) is 37.5. The van der Waals surface area contributed by atoms with Gasteiger partial charge in [-0.2, -0.15) is 0 Å². The summed E-state index contributed by atoms with van der Waals surface area (Å²) in [4.78, 5) is 11.8. The van der Waals surface area contributed by atoms with Crippen molar-refractivity contribution in [3.63, 3.8) is 0 Å². The molecule has 0 saturated heterocycles. The van der Waals surface area contributed by atoms with Crippen molar-refractivity contribution in [2.45, 2.75) is 36.6 Å². The predicted molar refractivity (Wildman–Crippen MR) is 65.7 cm³/mol. The molecule has 0 aliphatic heterocycles. The van der Waals surface area contributed by atoms with Crippen molar-refractivity contribution in [3.05, 3.63) is 35.9 Å². The zero-order valence-corrected chi connectivity index (χ0v) is 10.4. The second-order valence-corrected chi connectivity index (χ2v) is 4.69. The van der Waals surface area contributed by atoms with Gasteiger partial charge in [-0.15, -0.1) is 0 Å². The minimum absolute atomic E-state index is 0.196. The van der Waals surface area contributed by atoms with Gasteiger partial charge < -0.3 is 30.3 Å². The van der Waals surface area contributed by atoms with E-state index >= 15 is 0 Å². The monoisotopic (exact) mass is 284 g/mol. The van der Waals surface area contributed by atoms with Crippen LogP contribution in [0.25, 0.3) is 0 Å². The van der Waals surface area contributed by atoms with Crippen LogP contribution in [0.15, 0.2) is 30.3 Å². The fourth-order valence-electron chi connectivity index (χ4n) is 2.10. The summed E-state index contributed by atoms with van der Waals surface area (Å²) in [6, 6.07) is 7.87. The number of esters is 1. The summed E-state index contributed by atoms with van der Waals surface area (Å²) in [5.74, 6) is -0.815. The van der Waals surface area contributed by atoms with Crippen molar-refractivity contribution in [2.24, 2.45) is 0 Å². The number of carbonyl (C=O) groups is 1. The van der Waals surface area contributed by atoms with Gasteiger partial charge >= 0.3 is 5.97 Å². The van der Waals surface area contributed by atoms with Crippen molar-refractivity contribution < 1.29 is 35.1 Å². The number of rotatable bonds is 2. The molecule has 0 heterocycles. The van der Waals surface area contributed by atoms with Gasteiger partial charge in [0.1, 0.15) is 30.5 Å². The summed E-state index contributed by atoms with van der Waals surface area (Å²) in [5, 5.41) is 47.9. The van der Waals surface area contributed by atoms with Crippen LogP contribution < -0.4 is 0 Å². The Balaban J connectivity index is 2.13. The van der Waals surface area contributed by atoms with Crippen molar-refractivity contribution in [1.82, 2.24) is 0 Å². The van der Waals surface area contributed by atoms with E-state index in [-0.39, 0.29) is 5.56 Å². The first-order valence-corrected chi connectivity index (χ1v) is 6.10. The molecular formula is C13H16O7. The molecule has 2 rings (SSSR count). The molecule has 0 radical (unpaired) electrons. The lowest BCUT2D eigenvalue weighted by molar-refractivity contribution is -0.223. The summed E-state index contributed by atoms with van der Waals surface area (Å²) in [7, 11) is 0. The molecule has 1 saturated carbocycles. The van der Waals surface area contributed by atoms with Gasteiger partial charge in [0.05, 0.1) is 5.56 Å². The fourth-order valence-corrected chi connectivity index (χ4v) is 2.10. The Morgan fingerprint density at radius 3 is 1.75 bits per heavy atom. The van der Waals surface area contributed by atoms with Crippen molar-refractivity contribution in [2.75, 3.05) is 0 Å². The largest absolute Gasteiger partial charge is 0.453 e. The van der Waals surface area contributed by atoms with Crippen LogP contribution in [0.5, 0.6) is 0 Å². The van der Waals surface area contributed by atoms with E-state index in [9.17, 15) is 30.3 Å². The Morgan fingerprint density at radius 2 is 1.25 bits per heavy atom. The van der Waals surface area contributed by atoms with Crippen LogP contribution in [0.2, 0.25) is 0 Å². The molecule has 7 nitrogen and oxygen atoms in total. The third-order valence-corrected chi connectivity index (χ3v) is 3.33. The average Bonchev–Trinajstić information content (AvgIpc) is 2.48. The smallest absolute Gasteiger partial charge is 0.338 e. The van der Waals surface area contributed by atoms with Gasteiger partial charge in [0.2, 0.25) is 0 Å². The standard InChI is InChI=1S/C13H16O7/c14-7-8(15)10(17)12(11(18)9(7)16)20-13(19)6-4-2-1-3-5-6/h1-5,7-12,14-18H/t7?,8-,9+,10-,11-,12?/m0/s1. The first-order valence-electron chi connectivity index (χ1n) is 6.10. The Hall–Kier alpha value is -1.51. The number of hydrogen-bond donors (Lipinski definition) is 5. The summed E-state index contributed by atoms with van der Waals surface area (Å²) in [5.41, 5.74) is 0.196. The van der Waals surface area contributed by atoms with Crippen LogP contribution >= 0.6 is 0 Å². The highest BCUT2D eigenvalue weighted by molar-refractivity contribution is 5.89. The number of aliphatic hydroxyl groups excluding tert-OH is 5. The quantitative estimate of drug-likeness (QED) is 0.399. The molecule has 0 spiro atoms. The van der Waals surface area contributed by atoms with Crippen molar-refractivity contribution in [1.29, 1.82) is 0 Å². The first-order chi connectivity index (χ1) is 9.43. The number of carbonyl (C=O) groups excluding carboxylic acids is 1. The van der Waals surface area contributed by atoms with E-state index < -0.39 is 42.6 Å². The molecule has 0 bridgehead atoms. The maximum Gasteiger partial charge on any atom is 0.338 e. The van der Waals surface area contributed by atoms with Crippen molar-refractivity contribution >= 4 is 5.97 Å². The molecule has 0 aromatic heterocycles. The fraction of sp³-hybridized carbons (Fsp3) is 0.462. The maximum atomic E-state index is 11.8. The van der Waals surface area contributed by atoms with Gasteiger partial charge in [0, 0.05) is 0 Å². The third-order valence-electron chi connectivity index (χ3n) is 3.33. The molecule has 2 unspecified atom stereocenters. The van der Waals surface area contributed by atoms with E-state index in [0.29, 0.717) is 0 Å². The number of ether oxygens (including phenoxy) is 1. The van der Waals surface area contributed by atoms with Crippen LogP contribution in [-0.4, -0.2) is 68.1 Å². The summed E-state index contributed by atoms with van der Waals surface area (Å²) in [6.07, 6.45) is -10.1. The van der Waals surface area contributed by atoms with Gasteiger partial charge in [-0.1, -0.05) is 18.2 Å². The minimum atomic E-state index is -1.72. The Bertz CT molecular complexity index is 447. The second-order valence-electron chi connectivity index (χ2n) is 4.69. The van der Waals surface area contributed by atoms with Crippen molar-refractivity contribution in [3.8, 4) is 0 Å². The molecule has 20 heavy (non-hydrogen) atoms. The topological polar surface area (TPSA) is 127 Å². The van der Waals surface area contributed by atoms with Gasteiger partial charge in [0.15, 0.2) is 6.10 Å². The molecular weight excluding hydrogens is 268 g/mol. The highest BCUT2D eigenvalue weighted by Crippen LogP contribution is 2.24. The summed E-state index contributed by atoms with van der Waals surface area (Å²) < 4.78 is 4.92. The lowest BCUT2D eigenvalue weighted by Gasteiger charge is -2.41. The van der Waals surface area contributed by atoms with E-state index in [0.717, 1.165) is 0 Å². The maximum absolute atomic E-state index is 11.8. The van der Waals surface area contributed by atoms with Crippen LogP contribution in [0, 0.1) is 0 Å². The molecule has 1 aliphatic carbocycles. The predicted octanol–water partition coefficient (Wildman–Crippen LogP) is -1.97. The Morgan fingerprint density at radius 1 is 0.800 bits per heavy atom. The van der Waals surface area contributed by atoms with E-state index in [4.69, 9.17) is 4.74 Å². The molecule has 1 fully saturated rings. The molecule has 6 atom stereocenters. The first kappa shape index (κ1) is 14.9. The van der Waals surface area contributed by atoms with Gasteiger partial charge in [-0.3, -0.25) is 0 Å². The lowest BCUT2D eigenvalue weighted by Crippen LogP contribution is -2.64. The van der Waals surface area contributed by atoms with Gasteiger partial charge in [-0.25, -0.2) is 4.79 Å². The third kappa shape index (κ3) is 2.67. The van der Waals surface area contributed by atoms with Gasteiger partial charge in [0.25, 0.3) is 0 Å². The minimum Gasteiger partial charge on any atom is -0.453 e. The summed E-state index contributed by atoms with van der Waals surface area (Å²) >= 11 is 0. The molecule has 0 amide bonds. The van der Waals surface area contributed by atoms with Gasteiger partial charge in [-0.05, 0) is 12.1 Å². The number of benzene rings is 1. The SMILES string of the molecule is O=C(OC1[C@@H](O)[C@H](O)C(O)[C@H](O)[C@@H]1O)c1ccccc1. The molecule has 1 aliphatic rings. The average molecular weight is 284 g/mol. The lowest BCUT2D eigenvalue weighted by atomic mass is 9.85. The molecule has 1 aromatic carbocycles. The number of aliphatic hydroxyl groups is 5. The Labute approximate surface area is 114 Å². The van der Waals surface area contributed by atoms with E-state index in [1.807, 2.05) is 0 Å². The molecule has 5 N–H and O–H groups in total. The number of hydrogen-bond acceptors (Lipinski definition) is 7. The molecule has 1 aromatic rings. The highest BCUT2D eigenvalue weighted by atomic mass is 16.6. The summed E-state index contributed by atoms with van der Waals surface area (Å²) in [6.45, 7) is 0. The van der Waals surface area contributed by atoms with Crippen LogP contribution in [0.3, 0.4) is 0 Å². The molecule has 110 valence electrons. The van der Waals surface area contributed by atoms with Crippen LogP contribution in [0.1, 0.15) is 10.4 Å². The highest BCUT2D eigenvalue weighted by Gasteiger charge is 2.50. The Kier molecular flexibility index (Phi) is 4.36. The van der Waals surface area contributed by atoms with Crippen LogP contribution in [-0.2, 0) is 4.74 Å². The second kappa shape index (κ2) is 5.86.